The van der Waals surface area contributed by atoms with E-state index < -0.39 is 5.91 Å². The van der Waals surface area contributed by atoms with Crippen LogP contribution in [0.25, 0.3) is 10.6 Å². The van der Waals surface area contributed by atoms with Gasteiger partial charge in [0.1, 0.15) is 11.5 Å². The molecule has 1 aliphatic heterocycles. The van der Waals surface area contributed by atoms with Crippen LogP contribution >= 0.6 is 11.3 Å². The molecule has 0 saturated carbocycles. The van der Waals surface area contributed by atoms with Gasteiger partial charge in [-0.25, -0.2) is 4.99 Å². The van der Waals surface area contributed by atoms with Gasteiger partial charge in [-0.15, -0.1) is 11.3 Å². The van der Waals surface area contributed by atoms with Gasteiger partial charge in [0.15, 0.2) is 0 Å². The minimum absolute atomic E-state index is 0.0552. The van der Waals surface area contributed by atoms with Crippen LogP contribution in [0.1, 0.15) is 46.5 Å². The number of hydrogen-bond acceptors (Lipinski definition) is 5. The van der Waals surface area contributed by atoms with Crippen molar-refractivity contribution in [3.05, 3.63) is 35.7 Å². The lowest BCUT2D eigenvalue weighted by atomic mass is 9.97. The summed E-state index contributed by atoms with van der Waals surface area (Å²) in [7, 11) is 0. The Balaban J connectivity index is 1.99. The van der Waals surface area contributed by atoms with Gasteiger partial charge < -0.3 is 5.32 Å². The largest absolute Gasteiger partial charge is 0.310 e. The van der Waals surface area contributed by atoms with E-state index in [1.165, 1.54) is 4.68 Å². The molecule has 0 aromatic carbocycles. The van der Waals surface area contributed by atoms with Gasteiger partial charge in [-0.1, -0.05) is 39.3 Å². The first kappa shape index (κ1) is 20.9. The van der Waals surface area contributed by atoms with Crippen LogP contribution in [0.2, 0.25) is 0 Å². The molecular weight excluding hydrogens is 386 g/mol. The third-order valence-corrected chi connectivity index (χ3v) is 5.63. The summed E-state index contributed by atoms with van der Waals surface area (Å²) in [5, 5.41) is 9.51. The molecule has 0 saturated heterocycles. The number of aromatic nitrogens is 2. The van der Waals surface area contributed by atoms with E-state index in [9.17, 15) is 9.59 Å². The van der Waals surface area contributed by atoms with Crippen LogP contribution in [0.3, 0.4) is 0 Å². The highest BCUT2D eigenvalue weighted by Crippen LogP contribution is 2.27. The van der Waals surface area contributed by atoms with E-state index in [0.717, 1.165) is 30.6 Å². The summed E-state index contributed by atoms with van der Waals surface area (Å²) in [4.78, 5) is 34.4. The lowest BCUT2D eigenvalue weighted by Crippen LogP contribution is -2.27. The third-order valence-electron chi connectivity index (χ3n) is 4.73. The quantitative estimate of drug-likeness (QED) is 0.679. The first-order chi connectivity index (χ1) is 13.9. The molecule has 3 rings (SSSR count). The fraction of sp³-hybridized carbons (Fsp3) is 0.381. The monoisotopic (exact) mass is 411 g/mol. The number of hydrogen-bond donors (Lipinski definition) is 1. The van der Waals surface area contributed by atoms with Crippen LogP contribution < -0.4 is 5.32 Å². The molecule has 3 heterocycles. The van der Waals surface area contributed by atoms with Crippen molar-refractivity contribution >= 4 is 40.6 Å². The van der Waals surface area contributed by atoms with Crippen molar-refractivity contribution in [2.24, 2.45) is 15.9 Å². The first-order valence-corrected chi connectivity index (χ1v) is 10.6. The number of amides is 2. The molecule has 0 radical (unpaired) electrons. The molecule has 2 aromatic rings. The van der Waals surface area contributed by atoms with Gasteiger partial charge in [-0.2, -0.15) is 14.8 Å². The van der Waals surface area contributed by atoms with Crippen LogP contribution in [0.15, 0.2) is 45.7 Å². The van der Waals surface area contributed by atoms with Crippen molar-refractivity contribution < 1.29 is 9.59 Å². The maximum Gasteiger partial charge on any atom is 0.281 e. The van der Waals surface area contributed by atoms with E-state index in [2.05, 4.69) is 40.8 Å². The minimum atomic E-state index is -0.451. The molecule has 2 amide bonds. The van der Waals surface area contributed by atoms with Gasteiger partial charge in [0.05, 0.1) is 16.2 Å². The molecule has 1 N–H and O–H groups in total. The SMILES string of the molecule is C=C1C(=O)N=C(n2nc(-c3cccs3)cc2NC(=O)C(CCC)CCC)N=C1C. The van der Waals surface area contributed by atoms with Crippen LogP contribution in [0.4, 0.5) is 5.82 Å². The number of anilines is 1. The zero-order valence-electron chi connectivity index (χ0n) is 16.9. The maximum atomic E-state index is 12.9. The van der Waals surface area contributed by atoms with E-state index in [0.29, 0.717) is 17.2 Å². The molecule has 0 bridgehead atoms. The zero-order valence-corrected chi connectivity index (χ0v) is 17.8. The van der Waals surface area contributed by atoms with Crippen molar-refractivity contribution in [3.63, 3.8) is 0 Å². The van der Waals surface area contributed by atoms with Crippen LogP contribution in [0, 0.1) is 5.92 Å². The second-order valence-electron chi connectivity index (χ2n) is 6.96. The topological polar surface area (TPSA) is 88.7 Å². The standard InChI is InChI=1S/C21H25N5O2S/c1-5-8-15(9-6-2)20(28)23-18-12-16(17-10-7-11-29-17)25-26(18)21-22-14(4)13(3)19(27)24-21/h7,10-12,15H,3,5-6,8-9H2,1-2,4H3,(H,23,28). The van der Waals surface area contributed by atoms with Gasteiger partial charge in [0.2, 0.25) is 5.91 Å². The summed E-state index contributed by atoms with van der Waals surface area (Å²) in [6.07, 6.45) is 3.51. The highest BCUT2D eigenvalue weighted by molar-refractivity contribution is 7.13. The third kappa shape index (κ3) is 4.59. The second-order valence-corrected chi connectivity index (χ2v) is 7.91. The Kier molecular flexibility index (Phi) is 6.53. The minimum Gasteiger partial charge on any atom is -0.310 e. The van der Waals surface area contributed by atoms with E-state index in [1.54, 1.807) is 24.3 Å². The van der Waals surface area contributed by atoms with Gasteiger partial charge in [-0.05, 0) is 31.2 Å². The van der Waals surface area contributed by atoms with Crippen LogP contribution in [0.5, 0.6) is 0 Å². The molecule has 29 heavy (non-hydrogen) atoms. The number of nitrogens with one attached hydrogen (secondary N) is 1. The molecule has 7 nitrogen and oxygen atoms in total. The Morgan fingerprint density at radius 2 is 2.00 bits per heavy atom. The van der Waals surface area contributed by atoms with E-state index in [4.69, 9.17) is 0 Å². The summed E-state index contributed by atoms with van der Waals surface area (Å²) in [6.45, 7) is 9.55. The lowest BCUT2D eigenvalue weighted by molar-refractivity contribution is -0.120. The first-order valence-electron chi connectivity index (χ1n) is 9.77. The van der Waals surface area contributed by atoms with Crippen molar-refractivity contribution in [3.8, 4) is 10.6 Å². The van der Waals surface area contributed by atoms with E-state index in [1.807, 2.05) is 17.5 Å². The summed E-state index contributed by atoms with van der Waals surface area (Å²) < 4.78 is 1.43. The molecule has 0 aliphatic carbocycles. The number of nitrogens with zero attached hydrogens (tertiary/aromatic N) is 4. The zero-order chi connectivity index (χ0) is 21.0. The fourth-order valence-electron chi connectivity index (χ4n) is 3.15. The summed E-state index contributed by atoms with van der Waals surface area (Å²) in [6, 6.07) is 5.67. The smallest absolute Gasteiger partial charge is 0.281 e. The van der Waals surface area contributed by atoms with E-state index >= 15 is 0 Å². The molecule has 0 unspecified atom stereocenters. The highest BCUT2D eigenvalue weighted by atomic mass is 32.1. The molecule has 0 fully saturated rings. The van der Waals surface area contributed by atoms with Gasteiger partial charge in [-0.3, -0.25) is 9.59 Å². The van der Waals surface area contributed by atoms with Crippen molar-refractivity contribution in [1.29, 1.82) is 0 Å². The Hall–Kier alpha value is -2.87. The summed E-state index contributed by atoms with van der Waals surface area (Å²) >= 11 is 1.54. The van der Waals surface area contributed by atoms with Crippen molar-refractivity contribution in [2.75, 3.05) is 5.32 Å². The van der Waals surface area contributed by atoms with Gasteiger partial charge in [0.25, 0.3) is 11.9 Å². The van der Waals surface area contributed by atoms with E-state index in [-0.39, 0.29) is 23.4 Å². The highest BCUT2D eigenvalue weighted by Gasteiger charge is 2.24. The molecule has 152 valence electrons. The number of carbonyl (C=O) groups excluding carboxylic acids is 2. The molecular formula is C21H25N5O2S. The number of thiophene rings is 1. The maximum absolute atomic E-state index is 12.9. The Bertz CT molecular complexity index is 979. The molecule has 0 spiro atoms. The van der Waals surface area contributed by atoms with Crippen LogP contribution in [-0.4, -0.2) is 33.3 Å². The van der Waals surface area contributed by atoms with Crippen molar-refractivity contribution in [2.45, 2.75) is 46.5 Å². The number of aliphatic imine (C=N–C) groups is 2. The van der Waals surface area contributed by atoms with Crippen LogP contribution in [-0.2, 0) is 9.59 Å². The average molecular weight is 412 g/mol. The Labute approximate surface area is 174 Å². The second kappa shape index (κ2) is 9.09. The Morgan fingerprint density at radius 3 is 2.59 bits per heavy atom. The van der Waals surface area contributed by atoms with Crippen molar-refractivity contribution in [1.82, 2.24) is 9.78 Å². The average Bonchev–Trinajstić information content (AvgIpc) is 3.35. The Morgan fingerprint density at radius 1 is 1.28 bits per heavy atom. The van der Waals surface area contributed by atoms with Gasteiger partial charge in [0, 0.05) is 12.0 Å². The lowest BCUT2D eigenvalue weighted by Gasteiger charge is -2.16. The molecule has 2 aromatic heterocycles. The number of rotatable bonds is 7. The summed E-state index contributed by atoms with van der Waals surface area (Å²) in [5.41, 5.74) is 1.43. The molecule has 1 aliphatic rings. The normalized spacial score (nSPS) is 14.2. The van der Waals surface area contributed by atoms with Gasteiger partial charge >= 0.3 is 0 Å². The fourth-order valence-corrected chi connectivity index (χ4v) is 3.83. The predicted molar refractivity (Wildman–Crippen MR) is 118 cm³/mol. The molecule has 8 heteroatoms. The summed E-state index contributed by atoms with van der Waals surface area (Å²) in [5.74, 6) is -0.00143. The number of carbonyl (C=O) groups is 2. The molecule has 0 atom stereocenters. The predicted octanol–water partition coefficient (Wildman–Crippen LogP) is 4.53.